The lowest BCUT2D eigenvalue weighted by molar-refractivity contribution is -0.144. The van der Waals surface area contributed by atoms with Crippen molar-refractivity contribution in [2.45, 2.75) is 75.7 Å². The van der Waals surface area contributed by atoms with E-state index in [1.54, 1.807) is 31.9 Å². The van der Waals surface area contributed by atoms with E-state index in [2.05, 4.69) is 15.8 Å². The minimum absolute atomic E-state index is 0.0721. The van der Waals surface area contributed by atoms with Crippen LogP contribution in [0.15, 0.2) is 47.0 Å². The molecule has 1 aliphatic carbocycles. The topological polar surface area (TPSA) is 123 Å². The van der Waals surface area contributed by atoms with Crippen molar-refractivity contribution in [2.75, 3.05) is 19.0 Å². The molecule has 3 fully saturated rings. The molecule has 212 valence electrons. The summed E-state index contributed by atoms with van der Waals surface area (Å²) in [4.78, 5) is 43.5. The first-order valence-electron chi connectivity index (χ1n) is 14.1. The molecule has 3 aliphatic heterocycles. The van der Waals surface area contributed by atoms with Gasteiger partial charge in [-0.05, 0) is 50.8 Å². The average molecular weight is 549 g/mol. The van der Waals surface area contributed by atoms with Crippen LogP contribution in [0, 0.1) is 18.8 Å². The minimum atomic E-state index is -1.23. The van der Waals surface area contributed by atoms with E-state index >= 15 is 0 Å². The fraction of sp³-hybridized carbons (Fsp3) is 0.533. The first kappa shape index (κ1) is 26.6. The molecular formula is C30H36N4O6. The van der Waals surface area contributed by atoms with Gasteiger partial charge in [0.2, 0.25) is 17.7 Å². The molecule has 2 bridgehead atoms. The number of anilines is 1. The summed E-state index contributed by atoms with van der Waals surface area (Å²) in [5.41, 5.74) is -1.25. The highest BCUT2D eigenvalue weighted by Gasteiger charge is 2.76. The van der Waals surface area contributed by atoms with Crippen LogP contribution >= 0.6 is 0 Å². The summed E-state index contributed by atoms with van der Waals surface area (Å²) in [5, 5.41) is 9.90. The Morgan fingerprint density at radius 1 is 1.12 bits per heavy atom. The summed E-state index contributed by atoms with van der Waals surface area (Å²) in [6.45, 7) is 3.86. The van der Waals surface area contributed by atoms with Crippen molar-refractivity contribution in [1.29, 1.82) is 0 Å². The summed E-state index contributed by atoms with van der Waals surface area (Å²) < 4.78 is 17.0. The Kier molecular flexibility index (Phi) is 6.68. The highest BCUT2D eigenvalue weighted by atomic mass is 16.5. The molecule has 6 rings (SSSR count). The van der Waals surface area contributed by atoms with Gasteiger partial charge in [-0.2, -0.15) is 0 Å². The van der Waals surface area contributed by atoms with Crippen LogP contribution < -0.4 is 15.4 Å². The van der Waals surface area contributed by atoms with E-state index in [1.807, 2.05) is 36.4 Å². The number of methoxy groups -OCH3 is 1. The minimum Gasteiger partial charge on any atom is -0.497 e. The molecule has 1 spiro atoms. The summed E-state index contributed by atoms with van der Waals surface area (Å²) in [7, 11) is 1.62. The maximum atomic E-state index is 14.2. The molecule has 2 N–H and O–H groups in total. The number of fused-ring (bicyclic) bond motifs is 1. The molecule has 1 aromatic carbocycles. The van der Waals surface area contributed by atoms with Gasteiger partial charge in [0.25, 0.3) is 0 Å². The highest BCUT2D eigenvalue weighted by molar-refractivity contribution is 6.03. The zero-order valence-corrected chi connectivity index (χ0v) is 23.1. The van der Waals surface area contributed by atoms with Gasteiger partial charge in [-0.15, -0.1) is 0 Å². The van der Waals surface area contributed by atoms with Crippen molar-refractivity contribution in [1.82, 2.24) is 15.4 Å². The number of amides is 3. The number of carbonyl (C=O) groups excluding carboxylic acids is 3. The molecule has 2 saturated heterocycles. The van der Waals surface area contributed by atoms with Crippen molar-refractivity contribution in [3.8, 4) is 5.75 Å². The zero-order valence-electron chi connectivity index (χ0n) is 23.1. The predicted octanol–water partition coefficient (Wildman–Crippen LogP) is 3.16. The Morgan fingerprint density at radius 2 is 1.88 bits per heavy atom. The molecule has 10 heteroatoms. The Balaban J connectivity index is 1.31. The summed E-state index contributed by atoms with van der Waals surface area (Å²) in [6.07, 6.45) is 9.38. The SMILES string of the molecule is COc1ccc(CCN2C(=O)C3C(C(=O)Nc4cc(C)on4)C4(C)C=CC3(O4)C2C(=O)NC2CCCCC2)cc1. The van der Waals surface area contributed by atoms with Crippen molar-refractivity contribution in [3.63, 3.8) is 0 Å². The van der Waals surface area contributed by atoms with E-state index in [0.717, 1.165) is 37.0 Å². The molecule has 5 atom stereocenters. The van der Waals surface area contributed by atoms with Gasteiger partial charge < -0.3 is 29.5 Å². The third kappa shape index (κ3) is 4.38. The standard InChI is InChI=1S/C30H36N4O6/c1-18-17-22(33-39-18)32-26(35)23-24-28(37)34(16-13-19-9-11-21(38-3)12-10-19)25(30(24)15-14-29(23,2)40-30)27(36)31-20-7-5-4-6-8-20/h9-12,14-15,17,20,23-25H,4-8,13,16H2,1-3H3,(H,31,36)(H,32,33,35). The summed E-state index contributed by atoms with van der Waals surface area (Å²) >= 11 is 0. The van der Waals surface area contributed by atoms with Crippen LogP contribution in [0.1, 0.15) is 50.4 Å². The van der Waals surface area contributed by atoms with Crippen LogP contribution in [0.4, 0.5) is 5.82 Å². The van der Waals surface area contributed by atoms with Gasteiger partial charge in [0.05, 0.1) is 24.5 Å². The zero-order chi connectivity index (χ0) is 28.1. The largest absolute Gasteiger partial charge is 0.497 e. The molecule has 4 aliphatic rings. The Hall–Kier alpha value is -3.66. The number of hydrogen-bond donors (Lipinski definition) is 2. The highest BCUT2D eigenvalue weighted by Crippen LogP contribution is 2.59. The van der Waals surface area contributed by atoms with Crippen molar-refractivity contribution >= 4 is 23.5 Å². The first-order valence-corrected chi connectivity index (χ1v) is 14.1. The summed E-state index contributed by atoms with van der Waals surface area (Å²) in [5.74, 6) is -0.945. The van der Waals surface area contributed by atoms with Crippen LogP contribution in [0.3, 0.4) is 0 Å². The third-order valence-electron chi connectivity index (χ3n) is 8.96. The molecule has 40 heavy (non-hydrogen) atoms. The second-order valence-electron chi connectivity index (χ2n) is 11.6. The van der Waals surface area contributed by atoms with Crippen LogP contribution in [-0.4, -0.2) is 64.7 Å². The third-order valence-corrected chi connectivity index (χ3v) is 8.96. The monoisotopic (exact) mass is 548 g/mol. The Bertz CT molecular complexity index is 1330. The van der Waals surface area contributed by atoms with E-state index in [0.29, 0.717) is 18.7 Å². The first-order chi connectivity index (χ1) is 19.2. The average Bonchev–Trinajstić information content (AvgIpc) is 3.65. The van der Waals surface area contributed by atoms with Gasteiger partial charge in [0, 0.05) is 18.7 Å². The van der Waals surface area contributed by atoms with Crippen molar-refractivity contribution in [3.05, 3.63) is 53.8 Å². The number of carbonyl (C=O) groups is 3. The lowest BCUT2D eigenvalue weighted by Gasteiger charge is -2.34. The molecule has 1 saturated carbocycles. The Morgan fingerprint density at radius 3 is 2.55 bits per heavy atom. The van der Waals surface area contributed by atoms with Gasteiger partial charge in [0.1, 0.15) is 23.2 Å². The second kappa shape index (κ2) is 10.1. The fourth-order valence-corrected chi connectivity index (χ4v) is 7.07. The van der Waals surface area contributed by atoms with Crippen LogP contribution in [0.25, 0.3) is 0 Å². The quantitative estimate of drug-likeness (QED) is 0.486. The molecule has 0 radical (unpaired) electrons. The van der Waals surface area contributed by atoms with Gasteiger partial charge in [0.15, 0.2) is 5.82 Å². The number of benzene rings is 1. The number of hydrogen-bond acceptors (Lipinski definition) is 7. The normalized spacial score (nSPS) is 30.9. The molecule has 1 aromatic heterocycles. The van der Waals surface area contributed by atoms with Gasteiger partial charge in [-0.25, -0.2) is 0 Å². The molecule has 10 nitrogen and oxygen atoms in total. The summed E-state index contributed by atoms with van der Waals surface area (Å²) in [6, 6.07) is 8.48. The van der Waals surface area contributed by atoms with E-state index in [9.17, 15) is 14.4 Å². The van der Waals surface area contributed by atoms with Gasteiger partial charge >= 0.3 is 0 Å². The van der Waals surface area contributed by atoms with Gasteiger partial charge in [-0.3, -0.25) is 14.4 Å². The number of nitrogens with zero attached hydrogens (tertiary/aromatic N) is 2. The van der Waals surface area contributed by atoms with Crippen molar-refractivity contribution < 1.29 is 28.4 Å². The number of likely N-dealkylation sites (tertiary alicyclic amines) is 1. The fourth-order valence-electron chi connectivity index (χ4n) is 7.07. The number of aromatic nitrogens is 1. The van der Waals surface area contributed by atoms with E-state index in [-0.39, 0.29) is 29.6 Å². The lowest BCUT2D eigenvalue weighted by atomic mass is 9.70. The Labute approximate surface area is 233 Å². The van der Waals surface area contributed by atoms with Crippen LogP contribution in [-0.2, 0) is 25.5 Å². The van der Waals surface area contributed by atoms with E-state index in [4.69, 9.17) is 14.0 Å². The van der Waals surface area contributed by atoms with E-state index < -0.39 is 29.1 Å². The molecule has 2 aromatic rings. The maximum absolute atomic E-state index is 14.2. The molecule has 5 unspecified atom stereocenters. The van der Waals surface area contributed by atoms with Crippen LogP contribution in [0.2, 0.25) is 0 Å². The smallest absolute Gasteiger partial charge is 0.246 e. The second-order valence-corrected chi connectivity index (χ2v) is 11.6. The maximum Gasteiger partial charge on any atom is 0.246 e. The molecule has 4 heterocycles. The van der Waals surface area contributed by atoms with Crippen molar-refractivity contribution in [2.24, 2.45) is 11.8 Å². The van der Waals surface area contributed by atoms with E-state index in [1.165, 1.54) is 6.42 Å². The molecule has 3 amide bonds. The van der Waals surface area contributed by atoms with Crippen LogP contribution in [0.5, 0.6) is 5.75 Å². The number of ether oxygens (including phenoxy) is 2. The lowest BCUT2D eigenvalue weighted by Crippen LogP contribution is -2.57. The van der Waals surface area contributed by atoms with Gasteiger partial charge in [-0.1, -0.05) is 48.7 Å². The molecular weight excluding hydrogens is 512 g/mol. The predicted molar refractivity (Wildman–Crippen MR) is 145 cm³/mol. The number of nitrogens with one attached hydrogen (secondary N) is 2. The number of aryl methyl sites for hydroxylation is 1. The number of rotatable bonds is 8.